The molecule has 1 rings (SSSR count). The highest BCUT2D eigenvalue weighted by Gasteiger charge is 2.30. The number of carbonyl (C=O) groups is 1. The summed E-state index contributed by atoms with van der Waals surface area (Å²) in [6.07, 6.45) is 7.39. The predicted molar refractivity (Wildman–Crippen MR) is 69.0 cm³/mol. The van der Waals surface area contributed by atoms with Gasteiger partial charge in [-0.2, -0.15) is 11.8 Å². The molecule has 4 heteroatoms. The summed E-state index contributed by atoms with van der Waals surface area (Å²) < 4.78 is 0. The van der Waals surface area contributed by atoms with Crippen LogP contribution in [0.15, 0.2) is 0 Å². The number of carboxylic acids is 1. The molecule has 0 aromatic carbocycles. The van der Waals surface area contributed by atoms with Gasteiger partial charge in [0.05, 0.1) is 0 Å². The molecule has 2 N–H and O–H groups in total. The van der Waals surface area contributed by atoms with Crippen molar-refractivity contribution in [2.24, 2.45) is 0 Å². The van der Waals surface area contributed by atoms with Crippen LogP contribution < -0.4 is 5.32 Å². The number of aliphatic carboxylic acids is 1. The number of nitrogens with one attached hydrogen (secondary N) is 1. The Morgan fingerprint density at radius 3 is 2.56 bits per heavy atom. The third-order valence-corrected chi connectivity index (χ3v) is 4.91. The molecule has 3 nitrogen and oxygen atoms in total. The van der Waals surface area contributed by atoms with Gasteiger partial charge < -0.3 is 10.4 Å². The standard InChI is InChI=1S/C12H23NO2S/c1-12(13-2,11(14)15)8-9-16-10-6-4-3-5-7-10/h10,13H,3-9H2,1-2H3,(H,14,15). The zero-order chi connectivity index (χ0) is 12.0. The summed E-state index contributed by atoms with van der Waals surface area (Å²) in [6.45, 7) is 1.76. The van der Waals surface area contributed by atoms with Gasteiger partial charge in [-0.05, 0) is 39.0 Å². The molecule has 0 spiro atoms. The van der Waals surface area contributed by atoms with Gasteiger partial charge in [0.1, 0.15) is 5.54 Å². The predicted octanol–water partition coefficient (Wildman–Crippen LogP) is 2.51. The van der Waals surface area contributed by atoms with E-state index in [1.54, 1.807) is 14.0 Å². The van der Waals surface area contributed by atoms with E-state index in [-0.39, 0.29) is 0 Å². The first-order valence-electron chi connectivity index (χ1n) is 6.12. The molecule has 0 bridgehead atoms. The van der Waals surface area contributed by atoms with E-state index in [0.29, 0.717) is 6.42 Å². The molecule has 1 fully saturated rings. The lowest BCUT2D eigenvalue weighted by atomic mass is 10.00. The highest BCUT2D eigenvalue weighted by molar-refractivity contribution is 7.99. The first kappa shape index (κ1) is 13.8. The molecule has 0 aromatic rings. The first-order chi connectivity index (χ1) is 7.58. The largest absolute Gasteiger partial charge is 0.480 e. The number of likely N-dealkylation sites (N-methyl/N-ethyl adjacent to an activating group) is 1. The Balaban J connectivity index is 2.25. The summed E-state index contributed by atoms with van der Waals surface area (Å²) in [6, 6.07) is 0. The number of carboxylic acid groups (broad SMARTS) is 1. The van der Waals surface area contributed by atoms with Crippen LogP contribution in [0.1, 0.15) is 45.4 Å². The second-order valence-corrected chi connectivity index (χ2v) is 6.18. The smallest absolute Gasteiger partial charge is 0.323 e. The molecule has 16 heavy (non-hydrogen) atoms. The van der Waals surface area contributed by atoms with Gasteiger partial charge in [-0.25, -0.2) is 0 Å². The van der Waals surface area contributed by atoms with Crippen LogP contribution >= 0.6 is 11.8 Å². The lowest BCUT2D eigenvalue weighted by Gasteiger charge is -2.26. The molecule has 0 aliphatic heterocycles. The highest BCUT2D eigenvalue weighted by atomic mass is 32.2. The zero-order valence-corrected chi connectivity index (χ0v) is 11.1. The maximum Gasteiger partial charge on any atom is 0.323 e. The van der Waals surface area contributed by atoms with Crippen LogP contribution in [0.3, 0.4) is 0 Å². The quantitative estimate of drug-likeness (QED) is 0.755. The third kappa shape index (κ3) is 3.98. The average Bonchev–Trinajstić information content (AvgIpc) is 2.30. The van der Waals surface area contributed by atoms with E-state index in [1.807, 2.05) is 11.8 Å². The van der Waals surface area contributed by atoms with E-state index in [1.165, 1.54) is 32.1 Å². The molecule has 1 atom stereocenters. The number of rotatable bonds is 6. The van der Waals surface area contributed by atoms with Crippen molar-refractivity contribution in [2.75, 3.05) is 12.8 Å². The summed E-state index contributed by atoms with van der Waals surface area (Å²) in [5.74, 6) is 0.188. The van der Waals surface area contributed by atoms with E-state index < -0.39 is 11.5 Å². The van der Waals surface area contributed by atoms with Crippen molar-refractivity contribution in [3.63, 3.8) is 0 Å². The van der Waals surface area contributed by atoms with Crippen LogP contribution in [-0.4, -0.2) is 34.7 Å². The van der Waals surface area contributed by atoms with Crippen LogP contribution in [0.5, 0.6) is 0 Å². The van der Waals surface area contributed by atoms with Gasteiger partial charge in [0, 0.05) is 5.25 Å². The summed E-state index contributed by atoms with van der Waals surface area (Å²) in [4.78, 5) is 11.1. The fraction of sp³-hybridized carbons (Fsp3) is 0.917. The Morgan fingerprint density at radius 2 is 2.06 bits per heavy atom. The van der Waals surface area contributed by atoms with E-state index in [4.69, 9.17) is 5.11 Å². The fourth-order valence-corrected chi connectivity index (χ4v) is 3.53. The maximum atomic E-state index is 11.1. The lowest BCUT2D eigenvalue weighted by molar-refractivity contribution is -0.144. The van der Waals surface area contributed by atoms with Crippen LogP contribution in [0, 0.1) is 0 Å². The van der Waals surface area contributed by atoms with Gasteiger partial charge in [-0.1, -0.05) is 19.3 Å². The van der Waals surface area contributed by atoms with Gasteiger partial charge in [0.2, 0.25) is 0 Å². The minimum atomic E-state index is -0.762. The molecule has 0 radical (unpaired) electrons. The minimum Gasteiger partial charge on any atom is -0.480 e. The van der Waals surface area contributed by atoms with Crippen LogP contribution in [0.2, 0.25) is 0 Å². The van der Waals surface area contributed by atoms with Crippen molar-refractivity contribution in [3.8, 4) is 0 Å². The summed E-state index contributed by atoms with van der Waals surface area (Å²) in [5.41, 5.74) is -0.762. The average molecular weight is 245 g/mol. The first-order valence-corrected chi connectivity index (χ1v) is 7.17. The molecule has 1 unspecified atom stereocenters. The van der Waals surface area contributed by atoms with E-state index >= 15 is 0 Å². The molecule has 1 aliphatic rings. The number of hydrogen-bond donors (Lipinski definition) is 2. The van der Waals surface area contributed by atoms with E-state index in [0.717, 1.165) is 11.0 Å². The molecule has 1 saturated carbocycles. The monoisotopic (exact) mass is 245 g/mol. The van der Waals surface area contributed by atoms with Gasteiger partial charge >= 0.3 is 5.97 Å². The fourth-order valence-electron chi connectivity index (χ4n) is 2.00. The molecular formula is C12H23NO2S. The van der Waals surface area contributed by atoms with Gasteiger partial charge in [-0.3, -0.25) is 4.79 Å². The number of thioether (sulfide) groups is 1. The second kappa shape index (κ2) is 6.50. The molecule has 0 heterocycles. The normalized spacial score (nSPS) is 21.6. The molecule has 94 valence electrons. The van der Waals surface area contributed by atoms with Crippen molar-refractivity contribution in [1.29, 1.82) is 0 Å². The Hall–Kier alpha value is -0.220. The maximum absolute atomic E-state index is 11.1. The van der Waals surface area contributed by atoms with Crippen molar-refractivity contribution in [2.45, 2.75) is 56.2 Å². The van der Waals surface area contributed by atoms with Crippen molar-refractivity contribution < 1.29 is 9.90 Å². The van der Waals surface area contributed by atoms with Crippen LogP contribution in [0.25, 0.3) is 0 Å². The van der Waals surface area contributed by atoms with Crippen molar-refractivity contribution in [1.82, 2.24) is 5.32 Å². The van der Waals surface area contributed by atoms with Crippen LogP contribution in [-0.2, 0) is 4.79 Å². The highest BCUT2D eigenvalue weighted by Crippen LogP contribution is 2.29. The molecular weight excluding hydrogens is 222 g/mol. The van der Waals surface area contributed by atoms with Crippen molar-refractivity contribution >= 4 is 17.7 Å². The van der Waals surface area contributed by atoms with Gasteiger partial charge in [0.25, 0.3) is 0 Å². The van der Waals surface area contributed by atoms with E-state index in [2.05, 4.69) is 5.32 Å². The Bertz CT molecular complexity index is 229. The van der Waals surface area contributed by atoms with Crippen LogP contribution in [0.4, 0.5) is 0 Å². The Labute approximate surface area is 102 Å². The second-order valence-electron chi connectivity index (χ2n) is 4.77. The third-order valence-electron chi connectivity index (χ3n) is 3.53. The molecule has 0 aromatic heterocycles. The Kier molecular flexibility index (Phi) is 5.62. The molecule has 0 saturated heterocycles. The molecule has 0 amide bonds. The Morgan fingerprint density at radius 1 is 1.44 bits per heavy atom. The SMILES string of the molecule is CNC(C)(CCSC1CCCCC1)C(=O)O. The van der Waals surface area contributed by atoms with Crippen molar-refractivity contribution in [3.05, 3.63) is 0 Å². The minimum absolute atomic E-state index is 0.694. The number of hydrogen-bond acceptors (Lipinski definition) is 3. The van der Waals surface area contributed by atoms with Gasteiger partial charge in [0.15, 0.2) is 0 Å². The van der Waals surface area contributed by atoms with E-state index in [9.17, 15) is 4.79 Å². The topological polar surface area (TPSA) is 49.3 Å². The summed E-state index contributed by atoms with van der Waals surface area (Å²) in [7, 11) is 1.72. The summed E-state index contributed by atoms with van der Waals surface area (Å²) in [5, 5.41) is 12.8. The summed E-state index contributed by atoms with van der Waals surface area (Å²) >= 11 is 1.95. The lowest BCUT2D eigenvalue weighted by Crippen LogP contribution is -2.48. The zero-order valence-electron chi connectivity index (χ0n) is 10.3. The molecule has 1 aliphatic carbocycles. The van der Waals surface area contributed by atoms with Gasteiger partial charge in [-0.15, -0.1) is 0 Å².